The van der Waals surface area contributed by atoms with Crippen LogP contribution in [0.2, 0.25) is 0 Å². The summed E-state index contributed by atoms with van der Waals surface area (Å²) >= 11 is 1.68. The molecule has 22 heavy (non-hydrogen) atoms. The monoisotopic (exact) mass is 327 g/mol. The lowest BCUT2D eigenvalue weighted by atomic mass is 10.1. The molecule has 0 fully saturated rings. The number of alkyl halides is 2. The molecule has 1 heterocycles. The van der Waals surface area contributed by atoms with E-state index < -0.39 is 12.7 Å². The summed E-state index contributed by atoms with van der Waals surface area (Å²) in [6.45, 7) is 1.65. The molecule has 0 spiro atoms. The van der Waals surface area contributed by atoms with E-state index in [0.29, 0.717) is 12.1 Å². The Morgan fingerprint density at radius 2 is 1.91 bits per heavy atom. The number of aryl methyl sites for hydroxylation is 1. The first kappa shape index (κ1) is 16.9. The SMILES string of the molecule is Cc1ccsc1C(C)NCC(O)c1ccc(OC(F)F)cc1. The molecule has 0 saturated carbocycles. The summed E-state index contributed by atoms with van der Waals surface area (Å²) in [5, 5.41) is 15.5. The Hall–Kier alpha value is -1.50. The van der Waals surface area contributed by atoms with Crippen LogP contribution < -0.4 is 10.1 Å². The van der Waals surface area contributed by atoms with Crippen LogP contribution in [0.1, 0.15) is 35.1 Å². The molecule has 120 valence electrons. The summed E-state index contributed by atoms with van der Waals surface area (Å²) in [5.74, 6) is 0.0847. The van der Waals surface area contributed by atoms with Gasteiger partial charge in [0.25, 0.3) is 0 Å². The Kier molecular flexibility index (Phi) is 5.88. The highest BCUT2D eigenvalue weighted by Crippen LogP contribution is 2.24. The van der Waals surface area contributed by atoms with Gasteiger partial charge in [-0.15, -0.1) is 11.3 Å². The van der Waals surface area contributed by atoms with Crippen LogP contribution >= 0.6 is 11.3 Å². The topological polar surface area (TPSA) is 41.5 Å². The van der Waals surface area contributed by atoms with E-state index in [1.165, 1.54) is 22.6 Å². The van der Waals surface area contributed by atoms with Gasteiger partial charge in [0, 0.05) is 17.5 Å². The van der Waals surface area contributed by atoms with E-state index in [4.69, 9.17) is 0 Å². The lowest BCUT2D eigenvalue weighted by molar-refractivity contribution is -0.0498. The minimum atomic E-state index is -2.84. The first-order chi connectivity index (χ1) is 10.5. The molecule has 0 aliphatic heterocycles. The Labute approximate surface area is 132 Å². The van der Waals surface area contributed by atoms with Crippen molar-refractivity contribution in [3.63, 3.8) is 0 Å². The van der Waals surface area contributed by atoms with Gasteiger partial charge in [-0.1, -0.05) is 12.1 Å². The fourth-order valence-corrected chi connectivity index (χ4v) is 3.16. The van der Waals surface area contributed by atoms with Gasteiger partial charge in [0.05, 0.1) is 6.10 Å². The number of hydrogen-bond acceptors (Lipinski definition) is 4. The number of ether oxygens (including phenoxy) is 1. The molecule has 0 amide bonds. The van der Waals surface area contributed by atoms with Crippen molar-refractivity contribution < 1.29 is 18.6 Å². The molecule has 2 aromatic rings. The third-order valence-electron chi connectivity index (χ3n) is 3.40. The molecule has 1 aromatic heterocycles. The van der Waals surface area contributed by atoms with E-state index in [1.54, 1.807) is 23.5 Å². The van der Waals surface area contributed by atoms with Crippen LogP contribution in [0, 0.1) is 6.92 Å². The second-order valence-corrected chi connectivity index (χ2v) is 6.01. The van der Waals surface area contributed by atoms with Crippen LogP contribution in [0.4, 0.5) is 8.78 Å². The summed E-state index contributed by atoms with van der Waals surface area (Å²) in [6, 6.07) is 8.25. The summed E-state index contributed by atoms with van der Waals surface area (Å²) in [5.41, 5.74) is 1.89. The van der Waals surface area contributed by atoms with Crippen molar-refractivity contribution in [3.8, 4) is 5.75 Å². The van der Waals surface area contributed by atoms with Crippen molar-refractivity contribution >= 4 is 11.3 Å². The zero-order valence-corrected chi connectivity index (χ0v) is 13.2. The standard InChI is InChI=1S/C16H19F2NO2S/c1-10-7-8-22-15(10)11(2)19-9-14(20)12-3-5-13(6-4-12)21-16(17)18/h3-8,11,14,16,19-20H,9H2,1-2H3. The summed E-state index contributed by atoms with van der Waals surface area (Å²) in [6.07, 6.45) is -0.705. The van der Waals surface area contributed by atoms with Crippen molar-refractivity contribution in [1.29, 1.82) is 0 Å². The van der Waals surface area contributed by atoms with Gasteiger partial charge < -0.3 is 15.2 Å². The maximum Gasteiger partial charge on any atom is 0.387 e. The smallest absolute Gasteiger partial charge is 0.387 e. The van der Waals surface area contributed by atoms with Crippen molar-refractivity contribution in [1.82, 2.24) is 5.32 Å². The predicted octanol–water partition coefficient (Wildman–Crippen LogP) is 4.04. The third kappa shape index (κ3) is 4.50. The highest BCUT2D eigenvalue weighted by Gasteiger charge is 2.13. The highest BCUT2D eigenvalue weighted by atomic mass is 32.1. The maximum atomic E-state index is 12.1. The van der Waals surface area contributed by atoms with Crippen LogP contribution in [-0.4, -0.2) is 18.3 Å². The van der Waals surface area contributed by atoms with Crippen LogP contribution in [0.5, 0.6) is 5.75 Å². The molecular formula is C16H19F2NO2S. The summed E-state index contributed by atoms with van der Waals surface area (Å²) in [4.78, 5) is 1.24. The van der Waals surface area contributed by atoms with Crippen LogP contribution in [0.3, 0.4) is 0 Å². The number of hydrogen-bond donors (Lipinski definition) is 2. The lowest BCUT2D eigenvalue weighted by Gasteiger charge is -2.17. The van der Waals surface area contributed by atoms with Gasteiger partial charge >= 0.3 is 6.61 Å². The summed E-state index contributed by atoms with van der Waals surface area (Å²) in [7, 11) is 0. The number of benzene rings is 1. The molecule has 2 N–H and O–H groups in total. The molecule has 2 atom stereocenters. The lowest BCUT2D eigenvalue weighted by Crippen LogP contribution is -2.24. The minimum absolute atomic E-state index is 0.0847. The molecule has 0 saturated heterocycles. The van der Waals surface area contributed by atoms with Gasteiger partial charge in [-0.25, -0.2) is 0 Å². The molecule has 0 bridgehead atoms. The second kappa shape index (κ2) is 7.67. The second-order valence-electron chi connectivity index (χ2n) is 5.06. The molecule has 1 aromatic carbocycles. The zero-order chi connectivity index (χ0) is 16.1. The fraction of sp³-hybridized carbons (Fsp3) is 0.375. The van der Waals surface area contributed by atoms with Crippen molar-refractivity contribution in [3.05, 3.63) is 51.7 Å². The van der Waals surface area contributed by atoms with Crippen LogP contribution in [-0.2, 0) is 0 Å². The average molecular weight is 327 g/mol. The predicted molar refractivity (Wildman–Crippen MR) is 83.5 cm³/mol. The van der Waals surface area contributed by atoms with Gasteiger partial charge in [0.2, 0.25) is 0 Å². The molecule has 0 aliphatic rings. The largest absolute Gasteiger partial charge is 0.435 e. The Morgan fingerprint density at radius 1 is 1.23 bits per heavy atom. The third-order valence-corrected chi connectivity index (χ3v) is 4.60. The van der Waals surface area contributed by atoms with Gasteiger partial charge in [-0.05, 0) is 48.6 Å². The Bertz CT molecular complexity index is 586. The van der Waals surface area contributed by atoms with E-state index in [-0.39, 0.29) is 11.8 Å². The van der Waals surface area contributed by atoms with Gasteiger partial charge in [0.15, 0.2) is 0 Å². The van der Waals surface area contributed by atoms with Crippen molar-refractivity contribution in [2.75, 3.05) is 6.54 Å². The van der Waals surface area contributed by atoms with E-state index in [0.717, 1.165) is 0 Å². The number of aliphatic hydroxyl groups is 1. The van der Waals surface area contributed by atoms with E-state index in [2.05, 4.69) is 23.0 Å². The minimum Gasteiger partial charge on any atom is -0.435 e. The molecule has 2 unspecified atom stereocenters. The van der Waals surface area contributed by atoms with Crippen molar-refractivity contribution in [2.45, 2.75) is 32.6 Å². The maximum absolute atomic E-state index is 12.1. The number of rotatable bonds is 7. The average Bonchev–Trinajstić information content (AvgIpc) is 2.91. The normalized spacial score (nSPS) is 14.1. The number of halogens is 2. The molecule has 2 rings (SSSR count). The molecule has 0 aliphatic carbocycles. The first-order valence-corrected chi connectivity index (χ1v) is 7.85. The molecule has 0 radical (unpaired) electrons. The van der Waals surface area contributed by atoms with Crippen molar-refractivity contribution in [2.24, 2.45) is 0 Å². The highest BCUT2D eigenvalue weighted by molar-refractivity contribution is 7.10. The van der Waals surface area contributed by atoms with E-state index in [1.807, 2.05) is 12.3 Å². The molecule has 6 heteroatoms. The van der Waals surface area contributed by atoms with Gasteiger partial charge in [0.1, 0.15) is 5.75 Å². The van der Waals surface area contributed by atoms with Gasteiger partial charge in [-0.2, -0.15) is 8.78 Å². The van der Waals surface area contributed by atoms with Crippen LogP contribution in [0.15, 0.2) is 35.7 Å². The number of thiophene rings is 1. The Balaban J connectivity index is 1.89. The van der Waals surface area contributed by atoms with E-state index in [9.17, 15) is 13.9 Å². The number of aliphatic hydroxyl groups excluding tert-OH is 1. The number of nitrogens with one attached hydrogen (secondary N) is 1. The zero-order valence-electron chi connectivity index (χ0n) is 12.4. The fourth-order valence-electron chi connectivity index (χ4n) is 2.20. The molecule has 3 nitrogen and oxygen atoms in total. The van der Waals surface area contributed by atoms with Gasteiger partial charge in [-0.3, -0.25) is 0 Å². The molecular weight excluding hydrogens is 308 g/mol. The first-order valence-electron chi connectivity index (χ1n) is 6.97. The van der Waals surface area contributed by atoms with E-state index >= 15 is 0 Å². The summed E-state index contributed by atoms with van der Waals surface area (Å²) < 4.78 is 28.4. The quantitative estimate of drug-likeness (QED) is 0.806. The Morgan fingerprint density at radius 3 is 2.45 bits per heavy atom. The van der Waals surface area contributed by atoms with Crippen LogP contribution in [0.25, 0.3) is 0 Å².